The first-order valence-electron chi connectivity index (χ1n) is 6.36. The molecular weight excluding hydrogens is 279 g/mol. The molecule has 0 aromatic heterocycles. The van der Waals surface area contributed by atoms with E-state index in [0.717, 1.165) is 25.9 Å². The fraction of sp³-hybridized carbons (Fsp3) is 0.571. The van der Waals surface area contributed by atoms with E-state index in [4.69, 9.17) is 9.47 Å². The molecule has 0 N–H and O–H groups in total. The molecule has 0 bridgehead atoms. The van der Waals surface area contributed by atoms with E-state index in [1.165, 1.54) is 16.2 Å². The standard InChI is InChI=1S/C14H18O2Se/c1-2-5-13(6-3-1)17-11-12-7-9-14(16-12)8-4-10-15-14/h1-3,5-6,12H,4,7-11H2/t12-,14+/m1/s1. The minimum absolute atomic E-state index is 0.183. The monoisotopic (exact) mass is 298 g/mol. The zero-order valence-corrected chi connectivity index (χ0v) is 11.6. The molecule has 2 fully saturated rings. The van der Waals surface area contributed by atoms with Gasteiger partial charge in [0, 0.05) is 0 Å². The molecule has 2 atom stereocenters. The van der Waals surface area contributed by atoms with Crippen molar-refractivity contribution in [3.8, 4) is 0 Å². The fourth-order valence-corrected chi connectivity index (χ4v) is 4.61. The Bertz CT molecular complexity index is 360. The average molecular weight is 297 g/mol. The molecule has 0 saturated carbocycles. The van der Waals surface area contributed by atoms with E-state index in [1.54, 1.807) is 0 Å². The van der Waals surface area contributed by atoms with E-state index in [1.807, 2.05) is 0 Å². The van der Waals surface area contributed by atoms with Gasteiger partial charge in [0.2, 0.25) is 0 Å². The van der Waals surface area contributed by atoms with Gasteiger partial charge >= 0.3 is 109 Å². The molecule has 2 aliphatic heterocycles. The second-order valence-corrected chi connectivity index (χ2v) is 7.06. The van der Waals surface area contributed by atoms with Crippen LogP contribution in [0.25, 0.3) is 0 Å². The van der Waals surface area contributed by atoms with Crippen LogP contribution in [0.2, 0.25) is 5.32 Å². The Morgan fingerprint density at radius 2 is 2.12 bits per heavy atom. The average Bonchev–Trinajstić information content (AvgIpc) is 2.99. The van der Waals surface area contributed by atoms with E-state index in [-0.39, 0.29) is 5.79 Å². The molecule has 0 aliphatic carbocycles. The van der Waals surface area contributed by atoms with Crippen molar-refractivity contribution in [1.82, 2.24) is 0 Å². The Labute approximate surface area is 109 Å². The van der Waals surface area contributed by atoms with E-state index in [9.17, 15) is 0 Å². The molecule has 2 saturated heterocycles. The van der Waals surface area contributed by atoms with Crippen molar-refractivity contribution < 1.29 is 9.47 Å². The van der Waals surface area contributed by atoms with Gasteiger partial charge in [0.25, 0.3) is 0 Å². The number of hydrogen-bond acceptors (Lipinski definition) is 2. The number of hydrogen-bond donors (Lipinski definition) is 0. The van der Waals surface area contributed by atoms with Crippen molar-refractivity contribution in [2.45, 2.75) is 42.9 Å². The first kappa shape index (κ1) is 11.7. The molecule has 3 rings (SSSR count). The molecule has 2 aliphatic rings. The van der Waals surface area contributed by atoms with E-state index in [0.29, 0.717) is 21.1 Å². The predicted octanol–water partition coefficient (Wildman–Crippen LogP) is 2.12. The SMILES string of the molecule is c1ccc([Se]C[C@H]2CC[C@]3(CCCO3)O2)cc1. The summed E-state index contributed by atoms with van der Waals surface area (Å²) in [5, 5.41) is 1.18. The van der Waals surface area contributed by atoms with Gasteiger partial charge in [-0.15, -0.1) is 0 Å². The van der Waals surface area contributed by atoms with Gasteiger partial charge in [0.05, 0.1) is 0 Å². The van der Waals surface area contributed by atoms with Crippen LogP contribution in [0.5, 0.6) is 0 Å². The van der Waals surface area contributed by atoms with Crippen molar-refractivity contribution in [3.05, 3.63) is 30.3 Å². The van der Waals surface area contributed by atoms with Gasteiger partial charge in [-0.05, 0) is 0 Å². The van der Waals surface area contributed by atoms with Gasteiger partial charge < -0.3 is 0 Å². The van der Waals surface area contributed by atoms with Gasteiger partial charge in [-0.1, -0.05) is 0 Å². The molecule has 2 heterocycles. The van der Waals surface area contributed by atoms with Gasteiger partial charge in [-0.3, -0.25) is 0 Å². The molecule has 0 unspecified atom stereocenters. The summed E-state index contributed by atoms with van der Waals surface area (Å²) in [4.78, 5) is 0. The third kappa shape index (κ3) is 2.74. The molecule has 2 nitrogen and oxygen atoms in total. The molecule has 3 heteroatoms. The second-order valence-electron chi connectivity index (χ2n) is 4.77. The van der Waals surface area contributed by atoms with Gasteiger partial charge in [-0.25, -0.2) is 0 Å². The van der Waals surface area contributed by atoms with E-state index >= 15 is 0 Å². The molecule has 17 heavy (non-hydrogen) atoms. The molecule has 1 aromatic rings. The van der Waals surface area contributed by atoms with Crippen LogP contribution >= 0.6 is 0 Å². The zero-order chi connectivity index (χ0) is 11.6. The van der Waals surface area contributed by atoms with Crippen LogP contribution in [-0.4, -0.2) is 33.5 Å². The third-order valence-corrected chi connectivity index (χ3v) is 5.87. The van der Waals surface area contributed by atoms with Crippen molar-refractivity contribution in [3.63, 3.8) is 0 Å². The molecule has 92 valence electrons. The summed E-state index contributed by atoms with van der Waals surface area (Å²) >= 11 is 0.538. The quantitative estimate of drug-likeness (QED) is 0.796. The number of ether oxygens (including phenoxy) is 2. The Morgan fingerprint density at radius 3 is 2.88 bits per heavy atom. The van der Waals surface area contributed by atoms with Crippen LogP contribution in [0.1, 0.15) is 25.7 Å². The maximum atomic E-state index is 6.13. The second kappa shape index (κ2) is 5.11. The van der Waals surface area contributed by atoms with Crippen molar-refractivity contribution >= 4 is 19.4 Å². The van der Waals surface area contributed by atoms with Crippen LogP contribution in [0, 0.1) is 0 Å². The van der Waals surface area contributed by atoms with E-state index in [2.05, 4.69) is 30.3 Å². The Hall–Kier alpha value is -0.341. The van der Waals surface area contributed by atoms with Crippen molar-refractivity contribution in [1.29, 1.82) is 0 Å². The third-order valence-electron chi connectivity index (χ3n) is 3.47. The summed E-state index contributed by atoms with van der Waals surface area (Å²) in [5.74, 6) is -0.183. The van der Waals surface area contributed by atoms with Crippen LogP contribution in [0.4, 0.5) is 0 Å². The number of benzene rings is 1. The molecule has 0 radical (unpaired) electrons. The Balaban J connectivity index is 1.51. The van der Waals surface area contributed by atoms with Gasteiger partial charge in [0.1, 0.15) is 0 Å². The summed E-state index contributed by atoms with van der Waals surface area (Å²) in [5.41, 5.74) is 0. The molecule has 1 aromatic carbocycles. The molecular formula is C14H18O2Se. The van der Waals surface area contributed by atoms with E-state index < -0.39 is 0 Å². The number of rotatable bonds is 3. The predicted molar refractivity (Wildman–Crippen MR) is 68.7 cm³/mol. The van der Waals surface area contributed by atoms with Gasteiger partial charge in [-0.2, -0.15) is 0 Å². The first-order chi connectivity index (χ1) is 8.36. The maximum absolute atomic E-state index is 6.13. The molecule has 0 amide bonds. The zero-order valence-electron chi connectivity index (χ0n) is 9.93. The first-order valence-corrected chi connectivity index (χ1v) is 8.43. The normalized spacial score (nSPS) is 32.4. The summed E-state index contributed by atoms with van der Waals surface area (Å²) in [6, 6.07) is 10.8. The van der Waals surface area contributed by atoms with Crippen LogP contribution < -0.4 is 4.46 Å². The van der Waals surface area contributed by atoms with Crippen LogP contribution in [-0.2, 0) is 9.47 Å². The van der Waals surface area contributed by atoms with Crippen molar-refractivity contribution in [2.75, 3.05) is 6.61 Å². The fourth-order valence-electron chi connectivity index (χ4n) is 2.59. The van der Waals surface area contributed by atoms with Crippen molar-refractivity contribution in [2.24, 2.45) is 0 Å². The molecule has 1 spiro atoms. The summed E-state index contributed by atoms with van der Waals surface area (Å²) in [6.45, 7) is 0.885. The van der Waals surface area contributed by atoms with Crippen LogP contribution in [0.3, 0.4) is 0 Å². The summed E-state index contributed by atoms with van der Waals surface area (Å²) in [6.07, 6.45) is 4.96. The summed E-state index contributed by atoms with van der Waals surface area (Å²) in [7, 11) is 0. The minimum atomic E-state index is -0.183. The summed E-state index contributed by atoms with van der Waals surface area (Å²) < 4.78 is 13.4. The topological polar surface area (TPSA) is 18.5 Å². The Morgan fingerprint density at radius 1 is 1.24 bits per heavy atom. The van der Waals surface area contributed by atoms with Crippen LogP contribution in [0.15, 0.2) is 30.3 Å². The van der Waals surface area contributed by atoms with Gasteiger partial charge in [0.15, 0.2) is 0 Å². The Kier molecular flexibility index (Phi) is 3.53.